The van der Waals surface area contributed by atoms with Gasteiger partial charge in [0.1, 0.15) is 5.58 Å². The zero-order chi connectivity index (χ0) is 19.7. The summed E-state index contributed by atoms with van der Waals surface area (Å²) in [6.07, 6.45) is 0. The smallest absolute Gasteiger partial charge is 0.234 e. The van der Waals surface area contributed by atoms with E-state index in [4.69, 9.17) is 4.42 Å². The van der Waals surface area contributed by atoms with Gasteiger partial charge >= 0.3 is 0 Å². The van der Waals surface area contributed by atoms with Crippen molar-refractivity contribution in [2.24, 2.45) is 7.05 Å². The molecule has 0 radical (unpaired) electrons. The Morgan fingerprint density at radius 1 is 1.11 bits per heavy atom. The van der Waals surface area contributed by atoms with Gasteiger partial charge in [-0.05, 0) is 48.5 Å². The maximum absolute atomic E-state index is 12.2. The molecule has 4 aromatic rings. The van der Waals surface area contributed by atoms with Crippen LogP contribution in [0.5, 0.6) is 0 Å². The lowest BCUT2D eigenvalue weighted by Crippen LogP contribution is -2.14. The van der Waals surface area contributed by atoms with E-state index < -0.39 is 0 Å². The zero-order valence-electron chi connectivity index (χ0n) is 14.6. The summed E-state index contributed by atoms with van der Waals surface area (Å²) in [6.45, 7) is 0. The molecule has 0 aliphatic carbocycles. The van der Waals surface area contributed by atoms with Crippen molar-refractivity contribution in [1.29, 1.82) is 0 Å². The molecule has 0 aliphatic heterocycles. The Morgan fingerprint density at radius 2 is 1.86 bits per heavy atom. The molecule has 0 bridgehead atoms. The molecule has 0 saturated carbocycles. The number of benzene rings is 2. The fraction of sp³-hybridized carbons (Fsp3) is 0.105. The highest BCUT2D eigenvalue weighted by molar-refractivity contribution is 9.10. The van der Waals surface area contributed by atoms with E-state index >= 15 is 0 Å². The number of nitrogens with one attached hydrogen (secondary N) is 1. The van der Waals surface area contributed by atoms with E-state index in [-0.39, 0.29) is 11.7 Å². The predicted molar refractivity (Wildman–Crippen MR) is 117 cm³/mol. The maximum atomic E-state index is 12.2. The summed E-state index contributed by atoms with van der Waals surface area (Å²) in [5, 5.41) is 12.9. The van der Waals surface area contributed by atoms with Gasteiger partial charge in [-0.1, -0.05) is 43.6 Å². The second kappa shape index (κ2) is 8.10. The molecule has 0 aliphatic rings. The highest BCUT2D eigenvalue weighted by Crippen LogP contribution is 2.30. The molecular weight excluding hydrogens is 508 g/mol. The summed E-state index contributed by atoms with van der Waals surface area (Å²) in [6, 6.07) is 15.2. The number of amides is 1. The van der Waals surface area contributed by atoms with Crippen LogP contribution in [0.1, 0.15) is 0 Å². The number of nitrogens with zero attached hydrogens (tertiary/aromatic N) is 3. The largest absolute Gasteiger partial charge is 0.453 e. The Morgan fingerprint density at radius 3 is 2.64 bits per heavy atom. The molecule has 2 heterocycles. The second-order valence-electron chi connectivity index (χ2n) is 6.00. The molecule has 28 heavy (non-hydrogen) atoms. The van der Waals surface area contributed by atoms with Crippen LogP contribution in [0.4, 0.5) is 5.69 Å². The van der Waals surface area contributed by atoms with Crippen molar-refractivity contribution in [3.8, 4) is 11.6 Å². The SMILES string of the molecule is Cn1c(SCC(=O)Nc2ccc(Br)cc2)nnc1-c1cc2cc(Br)ccc2o1. The summed E-state index contributed by atoms with van der Waals surface area (Å²) in [5.74, 6) is 1.37. The summed E-state index contributed by atoms with van der Waals surface area (Å²) in [5.41, 5.74) is 1.53. The number of halogens is 2. The molecule has 6 nitrogen and oxygen atoms in total. The summed E-state index contributed by atoms with van der Waals surface area (Å²) in [7, 11) is 1.85. The van der Waals surface area contributed by atoms with Gasteiger partial charge in [0.25, 0.3) is 0 Å². The first-order chi connectivity index (χ1) is 13.5. The molecule has 2 aromatic heterocycles. The second-order valence-corrected chi connectivity index (χ2v) is 8.78. The number of thioether (sulfide) groups is 1. The van der Waals surface area contributed by atoms with Crippen LogP contribution in [0.3, 0.4) is 0 Å². The lowest BCUT2D eigenvalue weighted by molar-refractivity contribution is -0.113. The maximum Gasteiger partial charge on any atom is 0.234 e. The lowest BCUT2D eigenvalue weighted by atomic mass is 10.2. The number of anilines is 1. The Labute approximate surface area is 182 Å². The molecule has 0 saturated heterocycles. The van der Waals surface area contributed by atoms with Crippen molar-refractivity contribution in [1.82, 2.24) is 14.8 Å². The summed E-state index contributed by atoms with van der Waals surface area (Å²) in [4.78, 5) is 12.2. The van der Waals surface area contributed by atoms with Gasteiger partial charge in [0.05, 0.1) is 5.75 Å². The van der Waals surface area contributed by atoms with Crippen LogP contribution in [-0.2, 0) is 11.8 Å². The highest BCUT2D eigenvalue weighted by atomic mass is 79.9. The zero-order valence-corrected chi connectivity index (χ0v) is 18.6. The van der Waals surface area contributed by atoms with E-state index in [1.165, 1.54) is 11.8 Å². The first-order valence-electron chi connectivity index (χ1n) is 8.27. The van der Waals surface area contributed by atoms with E-state index in [1.54, 1.807) is 0 Å². The van der Waals surface area contributed by atoms with Gasteiger partial charge in [0.15, 0.2) is 16.7 Å². The number of hydrogen-bond donors (Lipinski definition) is 1. The van der Waals surface area contributed by atoms with Crippen molar-refractivity contribution in [2.45, 2.75) is 5.16 Å². The Kier molecular flexibility index (Phi) is 5.56. The monoisotopic (exact) mass is 520 g/mol. The number of aromatic nitrogens is 3. The van der Waals surface area contributed by atoms with Crippen molar-refractivity contribution < 1.29 is 9.21 Å². The topological polar surface area (TPSA) is 73.0 Å². The van der Waals surface area contributed by atoms with Crippen molar-refractivity contribution >= 4 is 66.2 Å². The van der Waals surface area contributed by atoms with Gasteiger partial charge < -0.3 is 14.3 Å². The van der Waals surface area contributed by atoms with Crippen molar-refractivity contribution in [2.75, 3.05) is 11.1 Å². The average Bonchev–Trinajstić information content (AvgIpc) is 3.24. The predicted octanol–water partition coefficient (Wildman–Crippen LogP) is 5.48. The Hall–Kier alpha value is -2.10. The third kappa shape index (κ3) is 4.16. The minimum atomic E-state index is -0.106. The minimum Gasteiger partial charge on any atom is -0.453 e. The lowest BCUT2D eigenvalue weighted by Gasteiger charge is -2.05. The standard InChI is InChI=1S/C19H14Br2N4O2S/c1-25-18(16-9-11-8-13(21)4-7-15(11)27-16)23-24-19(25)28-10-17(26)22-14-5-2-12(20)3-6-14/h2-9H,10H2,1H3,(H,22,26). The molecule has 0 spiro atoms. The number of rotatable bonds is 5. The quantitative estimate of drug-likeness (QED) is 0.352. The number of fused-ring (bicyclic) bond motifs is 1. The first-order valence-corrected chi connectivity index (χ1v) is 10.8. The molecular formula is C19H14Br2N4O2S. The summed E-state index contributed by atoms with van der Waals surface area (Å²) >= 11 is 8.15. The van der Waals surface area contributed by atoms with Crippen LogP contribution in [0, 0.1) is 0 Å². The van der Waals surface area contributed by atoms with Crippen LogP contribution in [0.25, 0.3) is 22.6 Å². The van der Waals surface area contributed by atoms with E-state index in [1.807, 2.05) is 60.1 Å². The van der Waals surface area contributed by atoms with Gasteiger partial charge in [-0.15, -0.1) is 10.2 Å². The Bertz CT molecular complexity index is 1150. The molecule has 142 valence electrons. The van der Waals surface area contributed by atoms with Crippen LogP contribution >= 0.6 is 43.6 Å². The van der Waals surface area contributed by atoms with E-state index in [0.717, 1.165) is 25.6 Å². The number of carbonyl (C=O) groups is 1. The molecule has 0 fully saturated rings. The molecule has 0 atom stereocenters. The van der Waals surface area contributed by atoms with Gasteiger partial charge in [-0.25, -0.2) is 0 Å². The van der Waals surface area contributed by atoms with Crippen LogP contribution in [0.15, 0.2) is 67.0 Å². The Balaban J connectivity index is 1.45. The van der Waals surface area contributed by atoms with Crippen LogP contribution in [-0.4, -0.2) is 26.4 Å². The van der Waals surface area contributed by atoms with Gasteiger partial charge in [-0.3, -0.25) is 4.79 Å². The van der Waals surface area contributed by atoms with E-state index in [2.05, 4.69) is 47.4 Å². The third-order valence-electron chi connectivity index (χ3n) is 3.99. The van der Waals surface area contributed by atoms with Gasteiger partial charge in [0.2, 0.25) is 5.91 Å². The number of carbonyl (C=O) groups excluding carboxylic acids is 1. The van der Waals surface area contributed by atoms with Crippen molar-refractivity contribution in [3.63, 3.8) is 0 Å². The summed E-state index contributed by atoms with van der Waals surface area (Å²) < 4.78 is 9.65. The van der Waals surface area contributed by atoms with E-state index in [0.29, 0.717) is 16.7 Å². The molecule has 2 aromatic carbocycles. The highest BCUT2D eigenvalue weighted by Gasteiger charge is 2.16. The van der Waals surface area contributed by atoms with Crippen LogP contribution in [0.2, 0.25) is 0 Å². The van der Waals surface area contributed by atoms with E-state index in [9.17, 15) is 4.79 Å². The fourth-order valence-corrected chi connectivity index (χ4v) is 3.99. The minimum absolute atomic E-state index is 0.106. The molecule has 4 rings (SSSR count). The van der Waals surface area contributed by atoms with Crippen molar-refractivity contribution in [3.05, 3.63) is 57.5 Å². The van der Waals surface area contributed by atoms with Gasteiger partial charge in [0, 0.05) is 27.1 Å². The normalized spacial score (nSPS) is 11.1. The molecule has 0 unspecified atom stereocenters. The average molecular weight is 522 g/mol. The number of furan rings is 1. The first kappa shape index (κ1) is 19.2. The van der Waals surface area contributed by atoms with Crippen LogP contribution < -0.4 is 5.32 Å². The fourth-order valence-electron chi connectivity index (χ4n) is 2.64. The number of hydrogen-bond acceptors (Lipinski definition) is 5. The molecule has 9 heteroatoms. The molecule has 1 N–H and O–H groups in total. The van der Waals surface area contributed by atoms with Gasteiger partial charge in [-0.2, -0.15) is 0 Å². The third-order valence-corrected chi connectivity index (χ3v) is 6.04. The molecule has 1 amide bonds.